The molecule has 1 aliphatic rings. The summed E-state index contributed by atoms with van der Waals surface area (Å²) in [6.07, 6.45) is 2.41. The number of thioether (sulfide) groups is 1. The number of aromatic hydroxyl groups is 1. The van der Waals surface area contributed by atoms with E-state index in [1.807, 2.05) is 49.4 Å². The van der Waals surface area contributed by atoms with Gasteiger partial charge in [-0.1, -0.05) is 60.2 Å². The molecule has 1 N–H and O–H groups in total. The maximum Gasteiger partial charge on any atom is 0.266 e. The largest absolute Gasteiger partial charge is 0.504 e. The summed E-state index contributed by atoms with van der Waals surface area (Å²) >= 11 is 1.31. The Morgan fingerprint density at radius 2 is 1.78 bits per heavy atom. The van der Waals surface area contributed by atoms with Crippen molar-refractivity contribution < 1.29 is 14.6 Å². The number of aryl methyl sites for hydroxylation is 1. The van der Waals surface area contributed by atoms with Crippen LogP contribution in [0.3, 0.4) is 0 Å². The Bertz CT molecular complexity index is 1170. The van der Waals surface area contributed by atoms with Gasteiger partial charge in [-0.3, -0.25) is 9.69 Å². The molecule has 4 rings (SSSR count). The molecule has 1 amide bonds. The summed E-state index contributed by atoms with van der Waals surface area (Å²) < 4.78 is 5.19. The topological polar surface area (TPSA) is 62.1 Å². The number of carbonyl (C=O) groups is 1. The van der Waals surface area contributed by atoms with E-state index in [0.717, 1.165) is 23.2 Å². The fourth-order valence-electron chi connectivity index (χ4n) is 3.37. The van der Waals surface area contributed by atoms with Crippen LogP contribution in [0.4, 0.5) is 5.69 Å². The van der Waals surface area contributed by atoms with Gasteiger partial charge in [-0.2, -0.15) is 0 Å². The standard InChI is InChI=1S/C26H24N2O3S/c1-18-11-13-21(14-12-18)27-26-28(16-15-19-7-4-3-5-8-19)25(30)23(32-26)17-20-9-6-10-22(31-2)24(20)29/h3-14,17,29H,15-16H2,1-2H3/b23-17+,27-26?. The van der Waals surface area contributed by atoms with E-state index in [1.54, 1.807) is 29.2 Å². The average molecular weight is 445 g/mol. The number of aliphatic imine (C=N–C) groups is 1. The van der Waals surface area contributed by atoms with E-state index in [-0.39, 0.29) is 11.7 Å². The fraction of sp³-hybridized carbons (Fsp3) is 0.154. The highest BCUT2D eigenvalue weighted by atomic mass is 32.2. The molecule has 1 heterocycles. The van der Waals surface area contributed by atoms with E-state index < -0.39 is 0 Å². The first-order valence-corrected chi connectivity index (χ1v) is 11.1. The number of nitrogens with zero attached hydrogens (tertiary/aromatic N) is 2. The summed E-state index contributed by atoms with van der Waals surface area (Å²) in [5.74, 6) is 0.249. The number of amides is 1. The third-order valence-electron chi connectivity index (χ3n) is 5.15. The van der Waals surface area contributed by atoms with Crippen molar-refractivity contribution in [3.05, 3.63) is 94.4 Å². The number of carbonyl (C=O) groups excluding carboxylic acids is 1. The Morgan fingerprint density at radius 3 is 2.50 bits per heavy atom. The molecule has 32 heavy (non-hydrogen) atoms. The number of benzene rings is 3. The predicted octanol–water partition coefficient (Wildman–Crippen LogP) is 5.56. The van der Waals surface area contributed by atoms with Crippen LogP contribution in [0.1, 0.15) is 16.7 Å². The maximum atomic E-state index is 13.3. The van der Waals surface area contributed by atoms with Crippen molar-refractivity contribution in [1.29, 1.82) is 0 Å². The van der Waals surface area contributed by atoms with Crippen LogP contribution in [0.15, 0.2) is 82.7 Å². The summed E-state index contributed by atoms with van der Waals surface area (Å²) in [5, 5.41) is 11.1. The normalized spacial score (nSPS) is 16.2. The van der Waals surface area contributed by atoms with Gasteiger partial charge in [0.1, 0.15) is 0 Å². The van der Waals surface area contributed by atoms with Gasteiger partial charge >= 0.3 is 0 Å². The number of phenols is 1. The lowest BCUT2D eigenvalue weighted by Crippen LogP contribution is -2.31. The Balaban J connectivity index is 1.66. The van der Waals surface area contributed by atoms with Crippen molar-refractivity contribution in [3.8, 4) is 11.5 Å². The van der Waals surface area contributed by atoms with Crippen LogP contribution in [-0.2, 0) is 11.2 Å². The molecule has 1 aliphatic heterocycles. The quantitative estimate of drug-likeness (QED) is 0.506. The monoisotopic (exact) mass is 444 g/mol. The molecule has 0 saturated carbocycles. The first-order chi connectivity index (χ1) is 15.5. The smallest absolute Gasteiger partial charge is 0.266 e. The fourth-order valence-corrected chi connectivity index (χ4v) is 4.38. The van der Waals surface area contributed by atoms with Crippen LogP contribution < -0.4 is 4.74 Å². The Labute approximate surface area is 192 Å². The van der Waals surface area contributed by atoms with Gasteiger partial charge < -0.3 is 9.84 Å². The van der Waals surface area contributed by atoms with Crippen molar-refractivity contribution in [2.45, 2.75) is 13.3 Å². The van der Waals surface area contributed by atoms with Gasteiger partial charge in [-0.15, -0.1) is 0 Å². The zero-order valence-electron chi connectivity index (χ0n) is 18.0. The molecule has 0 atom stereocenters. The summed E-state index contributed by atoms with van der Waals surface area (Å²) in [6, 6.07) is 23.2. The number of methoxy groups -OCH3 is 1. The highest BCUT2D eigenvalue weighted by Gasteiger charge is 2.33. The summed E-state index contributed by atoms with van der Waals surface area (Å²) in [6.45, 7) is 2.54. The van der Waals surface area contributed by atoms with E-state index in [9.17, 15) is 9.90 Å². The van der Waals surface area contributed by atoms with E-state index in [4.69, 9.17) is 9.73 Å². The first kappa shape index (κ1) is 21.7. The SMILES string of the molecule is COc1cccc(/C=C2/SC(=Nc3ccc(C)cc3)N(CCc3ccccc3)C2=O)c1O. The minimum Gasteiger partial charge on any atom is -0.504 e. The third kappa shape index (κ3) is 4.86. The van der Waals surface area contributed by atoms with Crippen molar-refractivity contribution in [2.24, 2.45) is 4.99 Å². The predicted molar refractivity (Wildman–Crippen MR) is 130 cm³/mol. The molecular weight excluding hydrogens is 420 g/mol. The van der Waals surface area contributed by atoms with Gasteiger partial charge in [0.15, 0.2) is 16.7 Å². The number of phenolic OH excluding ortho intramolecular Hbond substituents is 1. The molecular formula is C26H24N2O3S. The lowest BCUT2D eigenvalue weighted by atomic mass is 10.1. The number of hydrogen-bond acceptors (Lipinski definition) is 5. The number of ether oxygens (including phenoxy) is 1. The summed E-state index contributed by atoms with van der Waals surface area (Å²) in [4.78, 5) is 20.3. The minimum absolute atomic E-state index is 0.00987. The second-order valence-electron chi connectivity index (χ2n) is 7.43. The summed E-state index contributed by atoms with van der Waals surface area (Å²) in [5.41, 5.74) is 3.63. The zero-order valence-corrected chi connectivity index (χ0v) is 18.8. The van der Waals surface area contributed by atoms with Gasteiger partial charge in [0.2, 0.25) is 0 Å². The molecule has 0 aromatic heterocycles. The first-order valence-electron chi connectivity index (χ1n) is 10.3. The van der Waals surface area contributed by atoms with E-state index >= 15 is 0 Å². The average Bonchev–Trinajstić information content (AvgIpc) is 3.10. The van der Waals surface area contributed by atoms with Gasteiger partial charge in [0.25, 0.3) is 5.91 Å². The highest BCUT2D eigenvalue weighted by molar-refractivity contribution is 8.18. The van der Waals surface area contributed by atoms with E-state index in [0.29, 0.717) is 27.9 Å². The van der Waals surface area contributed by atoms with E-state index in [2.05, 4.69) is 12.1 Å². The Morgan fingerprint density at radius 1 is 1.03 bits per heavy atom. The number of amidine groups is 1. The van der Waals surface area contributed by atoms with Crippen LogP contribution in [0.25, 0.3) is 6.08 Å². The van der Waals surface area contributed by atoms with Crippen molar-refractivity contribution >= 4 is 34.6 Å². The molecule has 1 fully saturated rings. The zero-order chi connectivity index (χ0) is 22.5. The van der Waals surface area contributed by atoms with Crippen LogP contribution in [-0.4, -0.2) is 34.7 Å². The molecule has 0 spiro atoms. The lowest BCUT2D eigenvalue weighted by molar-refractivity contribution is -0.122. The molecule has 5 nitrogen and oxygen atoms in total. The number of rotatable bonds is 6. The Hall–Kier alpha value is -3.51. The molecule has 0 unspecified atom stereocenters. The summed E-state index contributed by atoms with van der Waals surface area (Å²) in [7, 11) is 1.50. The molecule has 1 saturated heterocycles. The van der Waals surface area contributed by atoms with Crippen molar-refractivity contribution in [2.75, 3.05) is 13.7 Å². The van der Waals surface area contributed by atoms with Crippen molar-refractivity contribution in [3.63, 3.8) is 0 Å². The maximum absolute atomic E-state index is 13.3. The highest BCUT2D eigenvalue weighted by Crippen LogP contribution is 2.37. The van der Waals surface area contributed by atoms with Crippen LogP contribution >= 0.6 is 11.8 Å². The molecule has 6 heteroatoms. The second-order valence-corrected chi connectivity index (χ2v) is 8.44. The third-order valence-corrected chi connectivity index (χ3v) is 6.16. The van der Waals surface area contributed by atoms with Crippen molar-refractivity contribution in [1.82, 2.24) is 4.90 Å². The molecule has 0 radical (unpaired) electrons. The molecule has 0 bridgehead atoms. The van der Waals surface area contributed by atoms with Gasteiger partial charge in [0, 0.05) is 12.1 Å². The molecule has 162 valence electrons. The minimum atomic E-state index is -0.126. The van der Waals surface area contributed by atoms with Crippen LogP contribution in [0, 0.1) is 6.92 Å². The molecule has 3 aromatic rings. The van der Waals surface area contributed by atoms with Gasteiger partial charge in [0.05, 0.1) is 17.7 Å². The molecule has 3 aromatic carbocycles. The lowest BCUT2D eigenvalue weighted by Gasteiger charge is -2.15. The van der Waals surface area contributed by atoms with Gasteiger partial charge in [-0.25, -0.2) is 4.99 Å². The van der Waals surface area contributed by atoms with Crippen LogP contribution in [0.2, 0.25) is 0 Å². The number of para-hydroxylation sites is 1. The molecule has 0 aliphatic carbocycles. The van der Waals surface area contributed by atoms with Gasteiger partial charge in [-0.05, 0) is 54.9 Å². The van der Waals surface area contributed by atoms with E-state index in [1.165, 1.54) is 18.9 Å². The Kier molecular flexibility index (Phi) is 6.61. The second kappa shape index (κ2) is 9.75. The number of hydrogen-bond donors (Lipinski definition) is 1. The van der Waals surface area contributed by atoms with Crippen LogP contribution in [0.5, 0.6) is 11.5 Å².